The lowest BCUT2D eigenvalue weighted by Gasteiger charge is -2.32. The molecule has 2 N–H and O–H groups in total. The molecule has 0 heterocycles. The number of halogens is 1. The van der Waals surface area contributed by atoms with E-state index in [9.17, 15) is 0 Å². The van der Waals surface area contributed by atoms with E-state index in [4.69, 9.17) is 5.73 Å². The van der Waals surface area contributed by atoms with Crippen molar-refractivity contribution in [3.8, 4) is 0 Å². The zero-order valence-electron chi connectivity index (χ0n) is 6.89. The van der Waals surface area contributed by atoms with E-state index in [0.717, 1.165) is 5.92 Å². The minimum Gasteiger partial charge on any atom is -0.325 e. The molecular formula is C8H18ClN. The summed E-state index contributed by atoms with van der Waals surface area (Å²) >= 11 is 0. The van der Waals surface area contributed by atoms with Gasteiger partial charge in [-0.15, -0.1) is 12.4 Å². The van der Waals surface area contributed by atoms with Gasteiger partial charge in [0.05, 0.1) is 0 Å². The van der Waals surface area contributed by atoms with Crippen LogP contribution < -0.4 is 5.73 Å². The summed E-state index contributed by atoms with van der Waals surface area (Å²) in [5.74, 6) is 0.918. The second-order valence-corrected chi connectivity index (χ2v) is 3.84. The number of hydrogen-bond donors (Lipinski definition) is 1. The molecule has 0 amide bonds. The van der Waals surface area contributed by atoms with Gasteiger partial charge in [0, 0.05) is 5.54 Å². The van der Waals surface area contributed by atoms with Crippen molar-refractivity contribution in [3.63, 3.8) is 0 Å². The molecule has 1 aliphatic rings. The first-order valence-electron chi connectivity index (χ1n) is 3.89. The van der Waals surface area contributed by atoms with E-state index < -0.39 is 0 Å². The highest BCUT2D eigenvalue weighted by Crippen LogP contribution is 2.28. The maximum absolute atomic E-state index is 5.94. The molecule has 10 heavy (non-hydrogen) atoms. The highest BCUT2D eigenvalue weighted by Gasteiger charge is 2.24. The molecule has 1 saturated carbocycles. The van der Waals surface area contributed by atoms with Crippen molar-refractivity contribution >= 4 is 12.4 Å². The van der Waals surface area contributed by atoms with Crippen molar-refractivity contribution in [1.82, 2.24) is 0 Å². The Morgan fingerprint density at radius 3 is 2.00 bits per heavy atom. The van der Waals surface area contributed by atoms with Crippen molar-refractivity contribution in [1.29, 1.82) is 0 Å². The Morgan fingerprint density at radius 2 is 1.70 bits per heavy atom. The second-order valence-electron chi connectivity index (χ2n) is 3.84. The zero-order valence-corrected chi connectivity index (χ0v) is 7.71. The van der Waals surface area contributed by atoms with Crippen molar-refractivity contribution in [2.24, 2.45) is 11.7 Å². The molecule has 1 rings (SSSR count). The van der Waals surface area contributed by atoms with Crippen LogP contribution in [0.5, 0.6) is 0 Å². The van der Waals surface area contributed by atoms with Gasteiger partial charge < -0.3 is 5.73 Å². The maximum atomic E-state index is 5.94. The summed E-state index contributed by atoms with van der Waals surface area (Å²) < 4.78 is 0. The molecule has 0 saturated heterocycles. The first kappa shape index (κ1) is 10.2. The lowest BCUT2D eigenvalue weighted by atomic mass is 9.79. The molecular weight excluding hydrogens is 146 g/mol. The smallest absolute Gasteiger partial charge is 0.0126 e. The summed E-state index contributed by atoms with van der Waals surface area (Å²) in [7, 11) is 0. The van der Waals surface area contributed by atoms with Crippen molar-refractivity contribution < 1.29 is 0 Å². The summed E-state index contributed by atoms with van der Waals surface area (Å²) in [6.45, 7) is 4.48. The fraction of sp³-hybridized carbons (Fsp3) is 1.00. The Kier molecular flexibility index (Phi) is 3.68. The largest absolute Gasteiger partial charge is 0.325 e. The highest BCUT2D eigenvalue weighted by molar-refractivity contribution is 5.85. The van der Waals surface area contributed by atoms with E-state index in [2.05, 4.69) is 13.8 Å². The Morgan fingerprint density at radius 1 is 1.30 bits per heavy atom. The average Bonchev–Trinajstić information content (AvgIpc) is 1.78. The first-order chi connectivity index (χ1) is 4.10. The third-order valence-corrected chi connectivity index (χ3v) is 2.42. The molecule has 0 aliphatic heterocycles. The van der Waals surface area contributed by atoms with Crippen molar-refractivity contribution in [2.45, 2.75) is 45.1 Å². The van der Waals surface area contributed by atoms with Gasteiger partial charge in [0.2, 0.25) is 0 Å². The number of rotatable bonds is 0. The predicted molar refractivity (Wildman–Crippen MR) is 47.5 cm³/mol. The summed E-state index contributed by atoms with van der Waals surface area (Å²) in [5, 5.41) is 0. The van der Waals surface area contributed by atoms with E-state index in [1.165, 1.54) is 25.7 Å². The Hall–Kier alpha value is 0.250. The van der Waals surface area contributed by atoms with Crippen LogP contribution >= 0.6 is 12.4 Å². The van der Waals surface area contributed by atoms with Gasteiger partial charge in [-0.3, -0.25) is 0 Å². The van der Waals surface area contributed by atoms with E-state index in [1.807, 2.05) is 0 Å². The van der Waals surface area contributed by atoms with Gasteiger partial charge >= 0.3 is 0 Å². The van der Waals surface area contributed by atoms with Gasteiger partial charge in [-0.2, -0.15) is 0 Å². The SMILES string of the molecule is CC1CCC(C)(N)CC1.Cl. The second kappa shape index (κ2) is 3.59. The van der Waals surface area contributed by atoms with Crippen LogP contribution in [0.3, 0.4) is 0 Å². The van der Waals surface area contributed by atoms with E-state index in [0.29, 0.717) is 0 Å². The zero-order chi connectivity index (χ0) is 6.91. The molecule has 1 fully saturated rings. The van der Waals surface area contributed by atoms with Crippen LogP contribution in [0.25, 0.3) is 0 Å². The Bertz CT molecular complexity index is 91.4. The fourth-order valence-corrected chi connectivity index (χ4v) is 1.42. The normalized spacial score (nSPS) is 40.5. The molecule has 0 unspecified atom stereocenters. The Balaban J connectivity index is 0.000000810. The predicted octanol–water partition coefficient (Wildman–Crippen LogP) is 2.34. The molecule has 0 aromatic carbocycles. The summed E-state index contributed by atoms with van der Waals surface area (Å²) in [5.41, 5.74) is 6.10. The van der Waals surface area contributed by atoms with Gasteiger partial charge in [0.15, 0.2) is 0 Å². The molecule has 2 heteroatoms. The van der Waals surface area contributed by atoms with E-state index in [1.54, 1.807) is 0 Å². The van der Waals surface area contributed by atoms with E-state index >= 15 is 0 Å². The van der Waals surface area contributed by atoms with Gasteiger partial charge in [0.25, 0.3) is 0 Å². The monoisotopic (exact) mass is 163 g/mol. The van der Waals surface area contributed by atoms with Crippen molar-refractivity contribution in [3.05, 3.63) is 0 Å². The van der Waals surface area contributed by atoms with Crippen LogP contribution in [0.2, 0.25) is 0 Å². The Labute approximate surface area is 69.8 Å². The molecule has 0 bridgehead atoms. The van der Waals surface area contributed by atoms with Crippen molar-refractivity contribution in [2.75, 3.05) is 0 Å². The fourth-order valence-electron chi connectivity index (χ4n) is 1.42. The minimum atomic E-state index is 0. The van der Waals surface area contributed by atoms with Gasteiger partial charge in [-0.1, -0.05) is 6.92 Å². The lowest BCUT2D eigenvalue weighted by molar-refractivity contribution is 0.264. The first-order valence-corrected chi connectivity index (χ1v) is 3.89. The molecule has 0 radical (unpaired) electrons. The van der Waals surface area contributed by atoms with Crippen LogP contribution in [0, 0.1) is 5.92 Å². The minimum absolute atomic E-state index is 0. The molecule has 62 valence electrons. The van der Waals surface area contributed by atoms with Gasteiger partial charge in [0.1, 0.15) is 0 Å². The molecule has 0 spiro atoms. The van der Waals surface area contributed by atoms with Crippen LogP contribution in [-0.4, -0.2) is 5.54 Å². The highest BCUT2D eigenvalue weighted by atomic mass is 35.5. The van der Waals surface area contributed by atoms with Crippen LogP contribution in [-0.2, 0) is 0 Å². The van der Waals surface area contributed by atoms with Gasteiger partial charge in [-0.05, 0) is 38.5 Å². The van der Waals surface area contributed by atoms with Gasteiger partial charge in [-0.25, -0.2) is 0 Å². The quantitative estimate of drug-likeness (QED) is 0.583. The summed E-state index contributed by atoms with van der Waals surface area (Å²) in [4.78, 5) is 0. The molecule has 1 aliphatic carbocycles. The average molecular weight is 164 g/mol. The molecule has 0 aromatic heterocycles. The van der Waals surface area contributed by atoms with Crippen LogP contribution in [0.15, 0.2) is 0 Å². The third kappa shape index (κ3) is 2.89. The topological polar surface area (TPSA) is 26.0 Å². The van der Waals surface area contributed by atoms with Crippen LogP contribution in [0.4, 0.5) is 0 Å². The number of nitrogens with two attached hydrogens (primary N) is 1. The maximum Gasteiger partial charge on any atom is 0.0126 e. The third-order valence-electron chi connectivity index (χ3n) is 2.42. The van der Waals surface area contributed by atoms with Crippen LogP contribution in [0.1, 0.15) is 39.5 Å². The molecule has 0 aromatic rings. The summed E-state index contributed by atoms with van der Waals surface area (Å²) in [6.07, 6.45) is 5.09. The number of hydrogen-bond acceptors (Lipinski definition) is 1. The summed E-state index contributed by atoms with van der Waals surface area (Å²) in [6, 6.07) is 0. The molecule has 1 nitrogen and oxygen atoms in total. The van der Waals surface area contributed by atoms with E-state index in [-0.39, 0.29) is 17.9 Å². The lowest BCUT2D eigenvalue weighted by Crippen LogP contribution is -2.39. The standard InChI is InChI=1S/C8H17N.ClH/c1-7-3-5-8(2,9)6-4-7;/h7H,3-6,9H2,1-2H3;1H. The molecule has 0 atom stereocenters.